The van der Waals surface area contributed by atoms with Crippen molar-refractivity contribution in [3.05, 3.63) is 62.7 Å². The highest BCUT2D eigenvalue weighted by Crippen LogP contribution is 2.33. The van der Waals surface area contributed by atoms with Crippen LogP contribution in [0.5, 0.6) is 11.5 Å². The van der Waals surface area contributed by atoms with Gasteiger partial charge in [0.25, 0.3) is 0 Å². The summed E-state index contributed by atoms with van der Waals surface area (Å²) in [5.74, 6) is 0.742. The molecule has 0 fully saturated rings. The van der Waals surface area contributed by atoms with E-state index in [1.165, 1.54) is 6.07 Å². The molecule has 0 heterocycles. The zero-order chi connectivity index (χ0) is 14.0. The summed E-state index contributed by atoms with van der Waals surface area (Å²) in [6.45, 7) is 3.64. The molecule has 0 spiro atoms. The Balaban J connectivity index is 2.37. The van der Waals surface area contributed by atoms with Crippen LogP contribution >= 0.6 is 11.6 Å². The van der Waals surface area contributed by atoms with Gasteiger partial charge in [-0.25, -0.2) is 0 Å². The van der Waals surface area contributed by atoms with E-state index in [2.05, 4.69) is 0 Å². The Morgan fingerprint density at radius 3 is 2.53 bits per heavy atom. The molecule has 0 saturated heterocycles. The van der Waals surface area contributed by atoms with Crippen LogP contribution in [0.15, 0.2) is 36.4 Å². The van der Waals surface area contributed by atoms with Gasteiger partial charge in [0.05, 0.1) is 4.92 Å². The van der Waals surface area contributed by atoms with E-state index in [1.54, 1.807) is 37.3 Å². The SMILES string of the molecule is Cc1ccc(Oc2ccc(Cl)c(C)c2)c([N+](=O)[O-])c1. The summed E-state index contributed by atoms with van der Waals surface area (Å²) in [5, 5.41) is 11.6. The first-order chi connectivity index (χ1) is 8.97. The average Bonchev–Trinajstić information content (AvgIpc) is 2.36. The van der Waals surface area contributed by atoms with Crippen molar-refractivity contribution in [1.82, 2.24) is 0 Å². The van der Waals surface area contributed by atoms with Crippen LogP contribution in [0, 0.1) is 24.0 Å². The molecule has 0 aliphatic carbocycles. The molecule has 0 atom stereocenters. The Bertz CT molecular complexity index is 641. The van der Waals surface area contributed by atoms with E-state index in [0.29, 0.717) is 10.8 Å². The van der Waals surface area contributed by atoms with E-state index in [4.69, 9.17) is 16.3 Å². The van der Waals surface area contributed by atoms with Crippen molar-refractivity contribution >= 4 is 17.3 Å². The van der Waals surface area contributed by atoms with Gasteiger partial charge < -0.3 is 4.74 Å². The lowest BCUT2D eigenvalue weighted by atomic mass is 10.2. The van der Waals surface area contributed by atoms with Crippen molar-refractivity contribution in [1.29, 1.82) is 0 Å². The largest absolute Gasteiger partial charge is 0.450 e. The summed E-state index contributed by atoms with van der Waals surface area (Å²) in [6.07, 6.45) is 0. The van der Waals surface area contributed by atoms with Crippen LogP contribution in [-0.4, -0.2) is 4.92 Å². The Labute approximate surface area is 115 Å². The van der Waals surface area contributed by atoms with E-state index in [1.807, 2.05) is 6.92 Å². The molecule has 5 heteroatoms. The lowest BCUT2D eigenvalue weighted by Crippen LogP contribution is -1.94. The fourth-order valence-corrected chi connectivity index (χ4v) is 1.78. The van der Waals surface area contributed by atoms with Gasteiger partial charge in [-0.15, -0.1) is 0 Å². The number of nitro benzene ring substituents is 1. The van der Waals surface area contributed by atoms with Gasteiger partial charge in [0.15, 0.2) is 0 Å². The number of hydrogen-bond donors (Lipinski definition) is 0. The number of rotatable bonds is 3. The number of benzene rings is 2. The van der Waals surface area contributed by atoms with Crippen molar-refractivity contribution in [2.24, 2.45) is 0 Å². The van der Waals surface area contributed by atoms with E-state index in [-0.39, 0.29) is 11.4 Å². The van der Waals surface area contributed by atoms with E-state index < -0.39 is 4.92 Å². The summed E-state index contributed by atoms with van der Waals surface area (Å²) in [6, 6.07) is 9.97. The fourth-order valence-electron chi connectivity index (χ4n) is 1.66. The van der Waals surface area contributed by atoms with Crippen LogP contribution in [0.1, 0.15) is 11.1 Å². The zero-order valence-corrected chi connectivity index (χ0v) is 11.3. The van der Waals surface area contributed by atoms with Crippen molar-refractivity contribution in [3.63, 3.8) is 0 Å². The zero-order valence-electron chi connectivity index (χ0n) is 10.5. The van der Waals surface area contributed by atoms with Gasteiger partial charge in [0.1, 0.15) is 5.75 Å². The van der Waals surface area contributed by atoms with Crippen LogP contribution in [0.3, 0.4) is 0 Å². The number of halogens is 1. The fraction of sp³-hybridized carbons (Fsp3) is 0.143. The molecule has 0 N–H and O–H groups in total. The quantitative estimate of drug-likeness (QED) is 0.606. The third kappa shape index (κ3) is 3.03. The molecule has 2 rings (SSSR count). The molecule has 2 aromatic carbocycles. The van der Waals surface area contributed by atoms with Crippen molar-refractivity contribution in [3.8, 4) is 11.5 Å². The Hall–Kier alpha value is -2.07. The highest BCUT2D eigenvalue weighted by atomic mass is 35.5. The smallest absolute Gasteiger partial charge is 0.311 e. The predicted octanol–water partition coefficient (Wildman–Crippen LogP) is 4.66. The molecule has 0 saturated carbocycles. The molecular formula is C14H12ClNO3. The van der Waals surface area contributed by atoms with Crippen molar-refractivity contribution in [2.75, 3.05) is 0 Å². The predicted molar refractivity (Wildman–Crippen MR) is 74.1 cm³/mol. The van der Waals surface area contributed by atoms with E-state index >= 15 is 0 Å². The molecule has 0 amide bonds. The Morgan fingerprint density at radius 1 is 1.16 bits per heavy atom. The number of aryl methyl sites for hydroxylation is 2. The van der Waals surface area contributed by atoms with Crippen LogP contribution in [0.25, 0.3) is 0 Å². The van der Waals surface area contributed by atoms with Gasteiger partial charge in [-0.05, 0) is 49.2 Å². The van der Waals surface area contributed by atoms with Gasteiger partial charge in [-0.1, -0.05) is 17.7 Å². The summed E-state index contributed by atoms with van der Waals surface area (Å²) in [4.78, 5) is 10.5. The summed E-state index contributed by atoms with van der Waals surface area (Å²) in [5.41, 5.74) is 1.62. The van der Waals surface area contributed by atoms with Crippen LogP contribution in [0.2, 0.25) is 5.02 Å². The van der Waals surface area contributed by atoms with Gasteiger partial charge in [0.2, 0.25) is 5.75 Å². The highest BCUT2D eigenvalue weighted by Gasteiger charge is 2.16. The number of nitrogens with zero attached hydrogens (tertiary/aromatic N) is 1. The monoisotopic (exact) mass is 277 g/mol. The molecule has 0 radical (unpaired) electrons. The minimum absolute atomic E-state index is 0.0485. The normalized spacial score (nSPS) is 10.3. The molecule has 19 heavy (non-hydrogen) atoms. The molecule has 0 aliphatic heterocycles. The van der Waals surface area contributed by atoms with Crippen LogP contribution in [0.4, 0.5) is 5.69 Å². The molecule has 0 unspecified atom stereocenters. The number of nitro groups is 1. The van der Waals surface area contributed by atoms with Crippen LogP contribution < -0.4 is 4.74 Å². The summed E-state index contributed by atoms with van der Waals surface area (Å²) < 4.78 is 5.56. The van der Waals surface area contributed by atoms with Crippen molar-refractivity contribution < 1.29 is 9.66 Å². The Morgan fingerprint density at radius 2 is 1.89 bits per heavy atom. The Kier molecular flexibility index (Phi) is 3.71. The van der Waals surface area contributed by atoms with Gasteiger partial charge in [-0.2, -0.15) is 0 Å². The first kappa shape index (κ1) is 13.4. The highest BCUT2D eigenvalue weighted by molar-refractivity contribution is 6.31. The molecule has 98 valence electrons. The second-order valence-corrected chi connectivity index (χ2v) is 4.65. The third-order valence-corrected chi connectivity index (χ3v) is 3.09. The second kappa shape index (κ2) is 5.28. The minimum atomic E-state index is -0.453. The van der Waals surface area contributed by atoms with Crippen molar-refractivity contribution in [2.45, 2.75) is 13.8 Å². The standard InChI is InChI=1S/C14H12ClNO3/c1-9-3-6-14(13(7-9)16(17)18)19-11-4-5-12(15)10(2)8-11/h3-8H,1-2H3. The van der Waals surface area contributed by atoms with Gasteiger partial charge >= 0.3 is 5.69 Å². The maximum atomic E-state index is 11.0. The first-order valence-corrected chi connectivity index (χ1v) is 6.04. The summed E-state index contributed by atoms with van der Waals surface area (Å²) >= 11 is 5.92. The third-order valence-electron chi connectivity index (χ3n) is 2.67. The topological polar surface area (TPSA) is 52.4 Å². The molecule has 4 nitrogen and oxygen atoms in total. The molecule has 0 bridgehead atoms. The molecule has 0 aromatic heterocycles. The first-order valence-electron chi connectivity index (χ1n) is 5.66. The molecular weight excluding hydrogens is 266 g/mol. The maximum Gasteiger partial charge on any atom is 0.311 e. The lowest BCUT2D eigenvalue weighted by Gasteiger charge is -2.08. The van der Waals surface area contributed by atoms with E-state index in [9.17, 15) is 10.1 Å². The number of ether oxygens (including phenoxy) is 1. The second-order valence-electron chi connectivity index (χ2n) is 4.24. The van der Waals surface area contributed by atoms with Gasteiger partial charge in [0, 0.05) is 11.1 Å². The minimum Gasteiger partial charge on any atom is -0.450 e. The van der Waals surface area contributed by atoms with E-state index in [0.717, 1.165) is 11.1 Å². The molecule has 2 aromatic rings. The van der Waals surface area contributed by atoms with Gasteiger partial charge in [-0.3, -0.25) is 10.1 Å². The average molecular weight is 278 g/mol. The summed E-state index contributed by atoms with van der Waals surface area (Å²) in [7, 11) is 0. The lowest BCUT2D eigenvalue weighted by molar-refractivity contribution is -0.385. The van der Waals surface area contributed by atoms with Crippen LogP contribution in [-0.2, 0) is 0 Å². The number of hydrogen-bond acceptors (Lipinski definition) is 3. The molecule has 0 aliphatic rings. The maximum absolute atomic E-state index is 11.0.